The molecule has 2 aromatic rings. The van der Waals surface area contributed by atoms with E-state index in [0.717, 1.165) is 18.2 Å². The van der Waals surface area contributed by atoms with Gasteiger partial charge in [-0.05, 0) is 41.2 Å². The zero-order valence-corrected chi connectivity index (χ0v) is 16.9. The molecule has 3 nitrogen and oxygen atoms in total. The van der Waals surface area contributed by atoms with Crippen molar-refractivity contribution in [1.29, 1.82) is 0 Å². The van der Waals surface area contributed by atoms with Gasteiger partial charge in [-0.3, -0.25) is 0 Å². The summed E-state index contributed by atoms with van der Waals surface area (Å²) in [6.07, 6.45) is 7.90. The van der Waals surface area contributed by atoms with Gasteiger partial charge in [0.1, 0.15) is 5.88 Å². The topological polar surface area (TPSA) is 40.5 Å². The molecule has 2 unspecified atom stereocenters. The lowest BCUT2D eigenvalue weighted by molar-refractivity contribution is 0.277. The Hall–Kier alpha value is -1.65. The van der Waals surface area contributed by atoms with E-state index in [0.29, 0.717) is 0 Å². The fourth-order valence-corrected chi connectivity index (χ4v) is 5.65. The maximum Gasteiger partial charge on any atom is 0.173 e. The lowest BCUT2D eigenvalue weighted by Crippen LogP contribution is -2.34. The van der Waals surface area contributed by atoms with E-state index < -0.39 is 11.1 Å². The van der Waals surface area contributed by atoms with Crippen LogP contribution < -0.4 is 4.90 Å². The molecule has 4 heteroatoms. The maximum atomic E-state index is 11.5. The van der Waals surface area contributed by atoms with Crippen molar-refractivity contribution in [2.75, 3.05) is 17.3 Å². The smallest absolute Gasteiger partial charge is 0.173 e. The number of hydrogen-bond donors (Lipinski definition) is 1. The fraction of sp³-hybridized carbons (Fsp3) is 0.478. The number of nitrogens with zero attached hydrogens (tertiary/aromatic N) is 1. The highest BCUT2D eigenvalue weighted by Crippen LogP contribution is 2.47. The second-order valence-electron chi connectivity index (χ2n) is 8.52. The molecule has 1 fully saturated rings. The van der Waals surface area contributed by atoms with Crippen LogP contribution in [0.15, 0.2) is 48.5 Å². The molecule has 2 atom stereocenters. The average molecular weight is 384 g/mol. The van der Waals surface area contributed by atoms with Crippen molar-refractivity contribution in [3.8, 4) is 11.1 Å². The number of anilines is 1. The van der Waals surface area contributed by atoms with Crippen molar-refractivity contribution in [2.24, 2.45) is 5.92 Å². The van der Waals surface area contributed by atoms with Crippen molar-refractivity contribution < 1.29 is 8.76 Å². The van der Waals surface area contributed by atoms with E-state index in [4.69, 9.17) is 0 Å². The summed E-state index contributed by atoms with van der Waals surface area (Å²) in [5.74, 6) is 0.967. The standard InChI is InChI=1S/C23H29NO2S/c1-23(15-18-8-4-2-5-9-18)16-24(17-27(25)26)22-13-12-20(14-21(22)23)19-10-6-3-7-11-19/h3,6-7,10-14,18H,2,4-5,8-9,15-17H2,1H3,(H,25,26). The normalized spacial score (nSPS) is 24.0. The zero-order valence-electron chi connectivity index (χ0n) is 16.1. The molecule has 0 saturated heterocycles. The molecule has 1 heterocycles. The molecule has 1 saturated carbocycles. The third-order valence-electron chi connectivity index (χ3n) is 6.36. The Bertz CT molecular complexity index is 816. The molecule has 0 spiro atoms. The molecule has 0 aromatic heterocycles. The molecule has 0 radical (unpaired) electrons. The molecule has 2 aliphatic rings. The Balaban J connectivity index is 1.70. The zero-order chi connectivity index (χ0) is 18.9. The summed E-state index contributed by atoms with van der Waals surface area (Å²) in [5.41, 5.74) is 4.98. The van der Waals surface area contributed by atoms with Crippen LogP contribution in [0.25, 0.3) is 11.1 Å². The summed E-state index contributed by atoms with van der Waals surface area (Å²) >= 11 is -1.82. The van der Waals surface area contributed by atoms with Crippen molar-refractivity contribution in [3.63, 3.8) is 0 Å². The van der Waals surface area contributed by atoms with E-state index in [2.05, 4.69) is 54.3 Å². The van der Waals surface area contributed by atoms with Crippen LogP contribution in [-0.4, -0.2) is 21.2 Å². The summed E-state index contributed by atoms with van der Waals surface area (Å²) in [5, 5.41) is 0. The average Bonchev–Trinajstić information content (AvgIpc) is 2.94. The van der Waals surface area contributed by atoms with Crippen molar-refractivity contribution >= 4 is 16.8 Å². The monoisotopic (exact) mass is 383 g/mol. The van der Waals surface area contributed by atoms with E-state index in [-0.39, 0.29) is 11.3 Å². The molecule has 2 aromatic carbocycles. The third-order valence-corrected chi connectivity index (χ3v) is 6.90. The van der Waals surface area contributed by atoms with E-state index >= 15 is 0 Å². The summed E-state index contributed by atoms with van der Waals surface area (Å²) < 4.78 is 21.0. The minimum absolute atomic E-state index is 0.0432. The first-order valence-corrected chi connectivity index (χ1v) is 11.4. The Morgan fingerprint density at radius 3 is 2.52 bits per heavy atom. The second kappa shape index (κ2) is 7.76. The van der Waals surface area contributed by atoms with Gasteiger partial charge in [0.05, 0.1) is 0 Å². The third kappa shape index (κ3) is 3.97. The van der Waals surface area contributed by atoms with E-state index in [1.54, 1.807) is 0 Å². The van der Waals surface area contributed by atoms with Crippen molar-refractivity contribution in [1.82, 2.24) is 0 Å². The molecule has 0 bridgehead atoms. The molecular formula is C23H29NO2S. The first-order valence-electron chi connectivity index (χ1n) is 10.1. The first-order chi connectivity index (χ1) is 13.0. The molecule has 0 amide bonds. The Morgan fingerprint density at radius 2 is 1.81 bits per heavy atom. The Morgan fingerprint density at radius 1 is 1.07 bits per heavy atom. The fourth-order valence-electron chi connectivity index (χ4n) is 5.15. The molecule has 1 aliphatic carbocycles. The van der Waals surface area contributed by atoms with Crippen molar-refractivity contribution in [3.05, 3.63) is 54.1 Å². The predicted molar refractivity (Wildman–Crippen MR) is 113 cm³/mol. The highest BCUT2D eigenvalue weighted by Gasteiger charge is 2.41. The molecule has 1 N–H and O–H groups in total. The summed E-state index contributed by atoms with van der Waals surface area (Å²) in [6, 6.07) is 17.1. The van der Waals surface area contributed by atoms with Gasteiger partial charge in [-0.25, -0.2) is 4.21 Å². The minimum atomic E-state index is -1.82. The molecule has 144 valence electrons. The van der Waals surface area contributed by atoms with E-state index in [1.807, 2.05) is 6.07 Å². The summed E-state index contributed by atoms with van der Waals surface area (Å²) in [4.78, 5) is 2.11. The number of rotatable bonds is 5. The number of hydrogen-bond acceptors (Lipinski definition) is 2. The van der Waals surface area contributed by atoms with Crippen LogP contribution >= 0.6 is 0 Å². The van der Waals surface area contributed by atoms with Gasteiger partial charge in [0.2, 0.25) is 0 Å². The maximum absolute atomic E-state index is 11.5. The van der Waals surface area contributed by atoms with Crippen LogP contribution in [-0.2, 0) is 16.5 Å². The predicted octanol–water partition coefficient (Wildman–Crippen LogP) is 5.58. The largest absolute Gasteiger partial charge is 0.356 e. The molecule has 27 heavy (non-hydrogen) atoms. The Labute approximate surface area is 165 Å². The van der Waals surface area contributed by atoms with Gasteiger partial charge in [-0.1, -0.05) is 75.4 Å². The summed E-state index contributed by atoms with van der Waals surface area (Å²) in [6.45, 7) is 3.19. The molecule has 4 rings (SSSR count). The quantitative estimate of drug-likeness (QED) is 0.685. The Kier molecular flexibility index (Phi) is 5.38. The lowest BCUT2D eigenvalue weighted by Gasteiger charge is -2.32. The van der Waals surface area contributed by atoms with Gasteiger partial charge in [-0.15, -0.1) is 0 Å². The lowest BCUT2D eigenvalue weighted by atomic mass is 9.72. The van der Waals surface area contributed by atoms with E-state index in [1.165, 1.54) is 55.2 Å². The van der Waals surface area contributed by atoms with Crippen LogP contribution in [0.1, 0.15) is 51.0 Å². The molecule has 1 aliphatic heterocycles. The van der Waals surface area contributed by atoms with Gasteiger partial charge < -0.3 is 9.45 Å². The SMILES string of the molecule is CC1(CC2CCCCC2)CN(CS(=O)O)c2ccc(-c3ccccc3)cc21. The first kappa shape index (κ1) is 18.7. The van der Waals surface area contributed by atoms with Crippen LogP contribution in [0, 0.1) is 5.92 Å². The number of benzene rings is 2. The van der Waals surface area contributed by atoms with Gasteiger partial charge in [0.25, 0.3) is 0 Å². The van der Waals surface area contributed by atoms with E-state index in [9.17, 15) is 8.76 Å². The highest BCUT2D eigenvalue weighted by molar-refractivity contribution is 7.79. The van der Waals surface area contributed by atoms with Gasteiger partial charge in [-0.2, -0.15) is 0 Å². The van der Waals surface area contributed by atoms with Gasteiger partial charge in [0, 0.05) is 17.6 Å². The van der Waals surface area contributed by atoms with Crippen LogP contribution in [0.3, 0.4) is 0 Å². The minimum Gasteiger partial charge on any atom is -0.356 e. The van der Waals surface area contributed by atoms with Crippen LogP contribution in [0.5, 0.6) is 0 Å². The van der Waals surface area contributed by atoms with Gasteiger partial charge in [0.15, 0.2) is 11.1 Å². The van der Waals surface area contributed by atoms with Crippen molar-refractivity contribution in [2.45, 2.75) is 50.9 Å². The van der Waals surface area contributed by atoms with Crippen LogP contribution in [0.2, 0.25) is 0 Å². The van der Waals surface area contributed by atoms with Crippen LogP contribution in [0.4, 0.5) is 5.69 Å². The summed E-state index contributed by atoms with van der Waals surface area (Å²) in [7, 11) is 0. The van der Waals surface area contributed by atoms with Gasteiger partial charge >= 0.3 is 0 Å². The second-order valence-corrected chi connectivity index (χ2v) is 9.42. The molecular weight excluding hydrogens is 354 g/mol. The highest BCUT2D eigenvalue weighted by atomic mass is 32.2. The number of fused-ring (bicyclic) bond motifs is 1.